The van der Waals surface area contributed by atoms with Crippen LogP contribution in [0, 0.1) is 11.3 Å². The number of hydrogen-bond acceptors (Lipinski definition) is 4. The molecule has 21 aromatic rings. The first kappa shape index (κ1) is 55.2. The zero-order valence-electron chi connectivity index (χ0n) is 52.9. The summed E-state index contributed by atoms with van der Waals surface area (Å²) in [7, 11) is 0. The van der Waals surface area contributed by atoms with Crippen molar-refractivity contribution in [1.82, 2.24) is 14.5 Å². The maximum Gasteiger partial charge on any atom is 0.143 e. The molecular formula is C93H54N4O. The van der Waals surface area contributed by atoms with Crippen LogP contribution >= 0.6 is 0 Å². The molecule has 0 aliphatic heterocycles. The summed E-state index contributed by atoms with van der Waals surface area (Å²) >= 11 is 0. The van der Waals surface area contributed by atoms with Crippen LogP contribution in [0.25, 0.3) is 202 Å². The van der Waals surface area contributed by atoms with Gasteiger partial charge in [0.2, 0.25) is 0 Å². The lowest BCUT2D eigenvalue weighted by atomic mass is 9.91. The first-order valence-corrected chi connectivity index (χ1v) is 33.3. The van der Waals surface area contributed by atoms with Crippen molar-refractivity contribution in [3.05, 3.63) is 333 Å². The highest BCUT2D eigenvalue weighted by molar-refractivity contribution is 6.34. The van der Waals surface area contributed by atoms with Crippen LogP contribution in [0.4, 0.5) is 0 Å². The van der Waals surface area contributed by atoms with Crippen molar-refractivity contribution >= 4 is 152 Å². The van der Waals surface area contributed by atoms with E-state index in [0.717, 1.165) is 111 Å². The van der Waals surface area contributed by atoms with Gasteiger partial charge in [0.05, 0.1) is 45.1 Å². The van der Waals surface area contributed by atoms with Crippen LogP contribution in [0.5, 0.6) is 0 Å². The topological polar surface area (TPSA) is 67.6 Å². The van der Waals surface area contributed by atoms with Crippen LogP contribution in [0.15, 0.2) is 332 Å². The van der Waals surface area contributed by atoms with Crippen LogP contribution in [-0.2, 0) is 0 Å². The van der Waals surface area contributed by atoms with Gasteiger partial charge in [-0.15, -0.1) is 0 Å². The van der Waals surface area contributed by atoms with Crippen LogP contribution in [0.2, 0.25) is 0 Å². The van der Waals surface area contributed by atoms with E-state index in [9.17, 15) is 5.26 Å². The Morgan fingerprint density at radius 2 is 0.735 bits per heavy atom. The van der Waals surface area contributed by atoms with Crippen molar-refractivity contribution in [3.8, 4) is 56.5 Å². The maximum absolute atomic E-state index is 9.71. The Labute approximate surface area is 562 Å². The minimum absolute atomic E-state index is 0.649. The van der Waals surface area contributed by atoms with E-state index in [-0.39, 0.29) is 0 Å². The van der Waals surface area contributed by atoms with Gasteiger partial charge in [-0.1, -0.05) is 267 Å². The van der Waals surface area contributed by atoms with Crippen molar-refractivity contribution in [2.24, 2.45) is 0 Å². The average molecular weight is 1240 g/mol. The molecule has 98 heavy (non-hydrogen) atoms. The minimum Gasteiger partial charge on any atom is -0.455 e. The highest BCUT2D eigenvalue weighted by Crippen LogP contribution is 2.47. The first-order chi connectivity index (χ1) is 48.6. The third kappa shape index (κ3) is 8.45. The summed E-state index contributed by atoms with van der Waals surface area (Å²) < 4.78 is 9.06. The number of furan rings is 1. The molecule has 0 fully saturated rings. The van der Waals surface area contributed by atoms with Crippen molar-refractivity contribution in [2.45, 2.75) is 0 Å². The second kappa shape index (κ2) is 21.9. The molecule has 17 aromatic carbocycles. The van der Waals surface area contributed by atoms with E-state index in [0.29, 0.717) is 5.56 Å². The number of benzene rings is 17. The molecule has 0 unspecified atom stereocenters. The van der Waals surface area contributed by atoms with Gasteiger partial charge in [-0.05, 0) is 142 Å². The number of hydrogen-bond donors (Lipinski definition) is 0. The quantitative estimate of drug-likeness (QED) is 0.161. The molecule has 0 saturated heterocycles. The summed E-state index contributed by atoms with van der Waals surface area (Å²) in [4.78, 5) is 11.0. The Hall–Kier alpha value is -13.3. The second-order valence-electron chi connectivity index (χ2n) is 25.7. The van der Waals surface area contributed by atoms with Gasteiger partial charge < -0.3 is 8.98 Å². The number of aromatic nitrogens is 3. The van der Waals surface area contributed by atoms with Crippen molar-refractivity contribution in [1.29, 1.82) is 5.26 Å². The average Bonchev–Trinajstić information content (AvgIpc) is 1.09. The summed E-state index contributed by atoms with van der Waals surface area (Å²) in [6, 6.07) is 119. The van der Waals surface area contributed by atoms with Crippen LogP contribution in [0.1, 0.15) is 5.56 Å². The van der Waals surface area contributed by atoms with Crippen LogP contribution in [0.3, 0.4) is 0 Å². The van der Waals surface area contributed by atoms with Crippen molar-refractivity contribution in [2.75, 3.05) is 0 Å². The predicted octanol–water partition coefficient (Wildman–Crippen LogP) is 25.2. The Kier molecular flexibility index (Phi) is 12.3. The zero-order chi connectivity index (χ0) is 64.5. The highest BCUT2D eigenvalue weighted by atomic mass is 16.3. The lowest BCUT2D eigenvalue weighted by Gasteiger charge is -2.15. The van der Waals surface area contributed by atoms with E-state index < -0.39 is 0 Å². The maximum atomic E-state index is 9.71. The lowest BCUT2D eigenvalue weighted by molar-refractivity contribution is 0.670. The predicted molar refractivity (Wildman–Crippen MR) is 412 cm³/mol. The summed E-state index contributed by atoms with van der Waals surface area (Å²) in [5, 5.41) is 36.0. The Morgan fingerprint density at radius 1 is 0.276 bits per heavy atom. The molecule has 0 bridgehead atoms. The van der Waals surface area contributed by atoms with Gasteiger partial charge in [0, 0.05) is 76.2 Å². The SMILES string of the molecule is N#Cc1ccc2c3cc(-c4cccc(-c5nc6c7ccccc7c7ccccc7c6c6ccccc56)c4)ccc3n(-c3ccccc3)c2c1.c1cc(-c2nc3c4ccccc4c4ccccc4c3c3ccccc23)cc(-c2cc3ccccc3c3c2oc2ccc4ccccc4c23)c1. The first-order valence-electron chi connectivity index (χ1n) is 33.3. The molecule has 0 amide bonds. The van der Waals surface area contributed by atoms with Gasteiger partial charge in [0.1, 0.15) is 11.2 Å². The van der Waals surface area contributed by atoms with Gasteiger partial charge in [-0.25, -0.2) is 9.97 Å². The van der Waals surface area contributed by atoms with E-state index >= 15 is 0 Å². The van der Waals surface area contributed by atoms with E-state index in [1.807, 2.05) is 18.2 Å². The number of nitriles is 1. The summed E-state index contributed by atoms with van der Waals surface area (Å²) in [6.45, 7) is 0. The Morgan fingerprint density at radius 3 is 1.33 bits per heavy atom. The number of rotatable bonds is 5. The van der Waals surface area contributed by atoms with Crippen molar-refractivity contribution in [3.63, 3.8) is 0 Å². The largest absolute Gasteiger partial charge is 0.455 e. The van der Waals surface area contributed by atoms with E-state index in [1.54, 1.807) is 0 Å². The van der Waals surface area contributed by atoms with Gasteiger partial charge >= 0.3 is 0 Å². The van der Waals surface area contributed by atoms with E-state index in [4.69, 9.17) is 14.4 Å². The molecule has 4 aromatic heterocycles. The fourth-order valence-electron chi connectivity index (χ4n) is 16.0. The van der Waals surface area contributed by atoms with Gasteiger partial charge in [-0.2, -0.15) is 5.26 Å². The normalized spacial score (nSPS) is 11.9. The lowest BCUT2D eigenvalue weighted by Crippen LogP contribution is -1.93. The third-order valence-electron chi connectivity index (χ3n) is 20.3. The number of fused-ring (bicyclic) bond motifs is 26. The Balaban J connectivity index is 0.000000133. The molecule has 0 spiro atoms. The molecule has 0 radical (unpaired) electrons. The monoisotopic (exact) mass is 1240 g/mol. The fraction of sp³-hybridized carbons (Fsp3) is 0. The highest BCUT2D eigenvalue weighted by Gasteiger charge is 2.23. The molecule has 4 heterocycles. The van der Waals surface area contributed by atoms with E-state index in [2.05, 4.69) is 320 Å². The van der Waals surface area contributed by atoms with Gasteiger partial charge in [-0.3, -0.25) is 0 Å². The number of para-hydroxylation sites is 1. The smallest absolute Gasteiger partial charge is 0.143 e. The van der Waals surface area contributed by atoms with Crippen LogP contribution in [-0.4, -0.2) is 14.5 Å². The summed E-state index contributed by atoms with van der Waals surface area (Å²) in [6.07, 6.45) is 0. The molecule has 0 saturated carbocycles. The summed E-state index contributed by atoms with van der Waals surface area (Å²) in [5.74, 6) is 0. The number of nitrogens with zero attached hydrogens (tertiary/aromatic N) is 4. The molecule has 0 aliphatic rings. The summed E-state index contributed by atoms with van der Waals surface area (Å²) in [5.41, 5.74) is 16.3. The molecule has 0 N–H and O–H groups in total. The number of pyridine rings is 2. The molecule has 5 heteroatoms. The third-order valence-corrected chi connectivity index (χ3v) is 20.3. The van der Waals surface area contributed by atoms with E-state index in [1.165, 1.54) is 91.6 Å². The fourth-order valence-corrected chi connectivity index (χ4v) is 16.0. The van der Waals surface area contributed by atoms with Crippen molar-refractivity contribution < 1.29 is 4.42 Å². The molecule has 0 atom stereocenters. The molecule has 21 rings (SSSR count). The molecule has 5 nitrogen and oxygen atoms in total. The van der Waals surface area contributed by atoms with Crippen LogP contribution < -0.4 is 0 Å². The molecular weight excluding hydrogens is 1190 g/mol. The minimum atomic E-state index is 0.649. The molecule has 452 valence electrons. The molecule has 0 aliphatic carbocycles. The standard InChI is InChI=1S/C47H27NO.C46H27N3/c1-3-16-32-28(12-1)24-25-41-43(32)44-33-17-4-2-13-30(33)27-40(47(44)49-41)29-14-11-15-31(26-29)45-39-23-10-8-21-37(39)42-36-20-7-5-18-34(36)35-19-6-9-22-38(35)46(42)48-45;47-28-29-21-23-36-41-27-31(22-24-42(41)49(43(36)25-29)33-13-2-1-3-14-33)30-11-10-12-32(26-30)45-40-20-9-7-18-38(40)44-37-17-6-4-15-34(37)35-16-5-8-19-39(35)46(44)48-45/h2*1-27H. The second-order valence-corrected chi connectivity index (χ2v) is 25.7. The Bertz CT molecular complexity index is 7010. The van der Waals surface area contributed by atoms with Gasteiger partial charge in [0.15, 0.2) is 0 Å². The van der Waals surface area contributed by atoms with Gasteiger partial charge in [0.25, 0.3) is 0 Å². The zero-order valence-corrected chi connectivity index (χ0v) is 52.9.